The molecule has 122 valence electrons. The summed E-state index contributed by atoms with van der Waals surface area (Å²) in [5.74, 6) is 2.49. The molecule has 24 heavy (non-hydrogen) atoms. The zero-order chi connectivity index (χ0) is 16.5. The highest BCUT2D eigenvalue weighted by Gasteiger charge is 2.16. The second-order valence-electron chi connectivity index (χ2n) is 5.56. The summed E-state index contributed by atoms with van der Waals surface area (Å²) in [5.41, 5.74) is 1.98. The van der Waals surface area contributed by atoms with Gasteiger partial charge in [-0.05, 0) is 42.8 Å². The third kappa shape index (κ3) is 2.71. The van der Waals surface area contributed by atoms with Crippen LogP contribution in [0.3, 0.4) is 0 Å². The first-order valence-electron chi connectivity index (χ1n) is 7.78. The minimum Gasteiger partial charge on any atom is -0.454 e. The van der Waals surface area contributed by atoms with Gasteiger partial charge in [0.15, 0.2) is 11.5 Å². The molecular formula is C18H16ClN3O2. The van der Waals surface area contributed by atoms with Gasteiger partial charge in [0.1, 0.15) is 12.1 Å². The largest absolute Gasteiger partial charge is 0.454 e. The number of ether oxygens (including phenoxy) is 2. The lowest BCUT2D eigenvalue weighted by atomic mass is 10.1. The number of benzene rings is 2. The average Bonchev–Trinajstić information content (AvgIpc) is 3.06. The van der Waals surface area contributed by atoms with Crippen LogP contribution in [0.5, 0.6) is 11.5 Å². The number of rotatable bonds is 4. The van der Waals surface area contributed by atoms with Crippen molar-refractivity contribution in [1.82, 2.24) is 9.97 Å². The molecule has 0 saturated heterocycles. The third-order valence-corrected chi connectivity index (χ3v) is 4.30. The second-order valence-corrected chi connectivity index (χ2v) is 6.00. The van der Waals surface area contributed by atoms with Gasteiger partial charge in [-0.15, -0.1) is 0 Å². The maximum absolute atomic E-state index is 6.07. The van der Waals surface area contributed by atoms with Crippen LogP contribution < -0.4 is 14.4 Å². The predicted octanol–water partition coefficient (Wildman–Crippen LogP) is 4.04. The number of nitrogens with zero attached hydrogens (tertiary/aromatic N) is 3. The Morgan fingerprint density at radius 2 is 1.96 bits per heavy atom. The Morgan fingerprint density at radius 1 is 1.08 bits per heavy atom. The SMILES string of the molecule is CCN(Cc1ccc2c(c1)OCO2)c1ncnc2cc(Cl)ccc12. The van der Waals surface area contributed by atoms with Gasteiger partial charge in [-0.25, -0.2) is 9.97 Å². The number of aromatic nitrogens is 2. The van der Waals surface area contributed by atoms with E-state index in [0.717, 1.165) is 46.9 Å². The molecule has 3 aromatic rings. The van der Waals surface area contributed by atoms with E-state index in [2.05, 4.69) is 27.9 Å². The molecule has 0 aliphatic carbocycles. The number of hydrogen-bond donors (Lipinski definition) is 0. The molecule has 2 heterocycles. The summed E-state index contributed by atoms with van der Waals surface area (Å²) in [4.78, 5) is 11.0. The fourth-order valence-corrected chi connectivity index (χ4v) is 3.03. The van der Waals surface area contributed by atoms with Crippen molar-refractivity contribution in [2.75, 3.05) is 18.2 Å². The van der Waals surface area contributed by atoms with E-state index in [1.807, 2.05) is 30.3 Å². The first-order chi connectivity index (χ1) is 11.7. The van der Waals surface area contributed by atoms with Gasteiger partial charge in [0.05, 0.1) is 5.52 Å². The Balaban J connectivity index is 1.69. The first-order valence-corrected chi connectivity index (χ1v) is 8.16. The van der Waals surface area contributed by atoms with Crippen molar-refractivity contribution in [1.29, 1.82) is 0 Å². The van der Waals surface area contributed by atoms with Crippen LogP contribution in [-0.2, 0) is 6.54 Å². The molecule has 0 bridgehead atoms. The van der Waals surface area contributed by atoms with Crippen molar-refractivity contribution in [3.05, 3.63) is 53.3 Å². The van der Waals surface area contributed by atoms with Gasteiger partial charge in [0.2, 0.25) is 6.79 Å². The van der Waals surface area contributed by atoms with Crippen LogP contribution in [0.4, 0.5) is 5.82 Å². The van der Waals surface area contributed by atoms with Crippen LogP contribution in [0.15, 0.2) is 42.7 Å². The van der Waals surface area contributed by atoms with Crippen LogP contribution in [0.2, 0.25) is 5.02 Å². The van der Waals surface area contributed by atoms with E-state index in [-0.39, 0.29) is 6.79 Å². The van der Waals surface area contributed by atoms with E-state index in [4.69, 9.17) is 21.1 Å². The highest BCUT2D eigenvalue weighted by molar-refractivity contribution is 6.31. The van der Waals surface area contributed by atoms with Crippen molar-refractivity contribution in [3.63, 3.8) is 0 Å². The number of anilines is 1. The Hall–Kier alpha value is -2.53. The molecule has 2 aromatic carbocycles. The highest BCUT2D eigenvalue weighted by Crippen LogP contribution is 2.33. The average molecular weight is 342 g/mol. The van der Waals surface area contributed by atoms with Crippen molar-refractivity contribution in [2.45, 2.75) is 13.5 Å². The molecule has 0 spiro atoms. The van der Waals surface area contributed by atoms with Gasteiger partial charge in [0.25, 0.3) is 0 Å². The Kier molecular flexibility index (Phi) is 3.86. The predicted molar refractivity (Wildman–Crippen MR) is 93.8 cm³/mol. The number of halogens is 1. The fraction of sp³-hybridized carbons (Fsp3) is 0.222. The molecule has 6 heteroatoms. The summed E-state index contributed by atoms with van der Waals surface area (Å²) in [5, 5.41) is 1.66. The van der Waals surface area contributed by atoms with E-state index in [1.165, 1.54) is 0 Å². The van der Waals surface area contributed by atoms with E-state index >= 15 is 0 Å². The van der Waals surface area contributed by atoms with E-state index in [0.29, 0.717) is 5.02 Å². The molecule has 0 fully saturated rings. The van der Waals surface area contributed by atoms with Crippen molar-refractivity contribution >= 4 is 28.3 Å². The maximum atomic E-state index is 6.07. The topological polar surface area (TPSA) is 47.5 Å². The molecule has 5 nitrogen and oxygen atoms in total. The number of hydrogen-bond acceptors (Lipinski definition) is 5. The summed E-state index contributed by atoms with van der Waals surface area (Å²) >= 11 is 6.07. The lowest BCUT2D eigenvalue weighted by Crippen LogP contribution is -2.23. The van der Waals surface area contributed by atoms with Gasteiger partial charge in [-0.2, -0.15) is 0 Å². The van der Waals surface area contributed by atoms with E-state index in [9.17, 15) is 0 Å². The van der Waals surface area contributed by atoms with Crippen LogP contribution in [0.1, 0.15) is 12.5 Å². The Bertz CT molecular complexity index is 901. The summed E-state index contributed by atoms with van der Waals surface area (Å²) in [6, 6.07) is 11.7. The summed E-state index contributed by atoms with van der Waals surface area (Å²) in [6.07, 6.45) is 1.58. The van der Waals surface area contributed by atoms with Gasteiger partial charge < -0.3 is 14.4 Å². The zero-order valence-corrected chi connectivity index (χ0v) is 14.0. The van der Waals surface area contributed by atoms with Gasteiger partial charge in [-0.1, -0.05) is 17.7 Å². The van der Waals surface area contributed by atoms with Crippen molar-refractivity contribution in [3.8, 4) is 11.5 Å². The van der Waals surface area contributed by atoms with Crippen molar-refractivity contribution in [2.24, 2.45) is 0 Å². The monoisotopic (exact) mass is 341 g/mol. The first kappa shape index (κ1) is 15.0. The molecule has 0 unspecified atom stereocenters. The quantitative estimate of drug-likeness (QED) is 0.716. The highest BCUT2D eigenvalue weighted by atomic mass is 35.5. The molecule has 1 aromatic heterocycles. The van der Waals surface area contributed by atoms with Crippen LogP contribution >= 0.6 is 11.6 Å². The summed E-state index contributed by atoms with van der Waals surface area (Å²) in [7, 11) is 0. The zero-order valence-electron chi connectivity index (χ0n) is 13.2. The van der Waals surface area contributed by atoms with E-state index in [1.54, 1.807) is 6.33 Å². The lowest BCUT2D eigenvalue weighted by Gasteiger charge is -2.23. The molecule has 0 atom stereocenters. The minimum atomic E-state index is 0.285. The van der Waals surface area contributed by atoms with Gasteiger partial charge >= 0.3 is 0 Å². The van der Waals surface area contributed by atoms with Gasteiger partial charge in [-0.3, -0.25) is 0 Å². The van der Waals surface area contributed by atoms with Crippen LogP contribution in [0, 0.1) is 0 Å². The number of fused-ring (bicyclic) bond motifs is 2. The molecule has 0 N–H and O–H groups in total. The molecule has 0 amide bonds. The lowest BCUT2D eigenvalue weighted by molar-refractivity contribution is 0.174. The smallest absolute Gasteiger partial charge is 0.231 e. The summed E-state index contributed by atoms with van der Waals surface area (Å²) in [6.45, 7) is 3.94. The molecule has 1 aliphatic rings. The molecular weight excluding hydrogens is 326 g/mol. The van der Waals surface area contributed by atoms with Gasteiger partial charge in [0, 0.05) is 23.5 Å². The Morgan fingerprint density at radius 3 is 2.83 bits per heavy atom. The molecule has 0 radical (unpaired) electrons. The maximum Gasteiger partial charge on any atom is 0.231 e. The standard InChI is InChI=1S/C18H16ClN3O2/c1-2-22(9-12-3-6-16-17(7-12)24-11-23-16)18-14-5-4-13(19)8-15(14)20-10-21-18/h3-8,10H,2,9,11H2,1H3. The molecule has 1 aliphatic heterocycles. The second kappa shape index (κ2) is 6.17. The Labute approximate surface area is 144 Å². The summed E-state index contributed by atoms with van der Waals surface area (Å²) < 4.78 is 10.8. The fourth-order valence-electron chi connectivity index (χ4n) is 2.86. The third-order valence-electron chi connectivity index (χ3n) is 4.07. The van der Waals surface area contributed by atoms with Crippen molar-refractivity contribution < 1.29 is 9.47 Å². The molecule has 0 saturated carbocycles. The van der Waals surface area contributed by atoms with Crippen LogP contribution in [0.25, 0.3) is 10.9 Å². The normalized spacial score (nSPS) is 12.6. The minimum absolute atomic E-state index is 0.285. The molecule has 4 rings (SSSR count). The van der Waals surface area contributed by atoms with Crippen LogP contribution in [-0.4, -0.2) is 23.3 Å². The van der Waals surface area contributed by atoms with E-state index < -0.39 is 0 Å².